The van der Waals surface area contributed by atoms with Gasteiger partial charge in [0.15, 0.2) is 0 Å². The summed E-state index contributed by atoms with van der Waals surface area (Å²) in [6, 6.07) is 0. The Morgan fingerprint density at radius 3 is 1.54 bits per heavy atom. The topological polar surface area (TPSA) is 57.5 Å². The first kappa shape index (κ1) is 25.4. The quantitative estimate of drug-likeness (QED) is 0.249. The average Bonchev–Trinajstić information content (AvgIpc) is 2.58. The van der Waals surface area contributed by atoms with Crippen molar-refractivity contribution in [1.29, 1.82) is 0 Å². The number of aliphatic hydroxyl groups is 1. The number of hydrogen-bond donors (Lipinski definition) is 2. The second-order valence-electron chi connectivity index (χ2n) is 6.45. The number of carboxylic acid groups (broad SMARTS) is 1. The van der Waals surface area contributed by atoms with Gasteiger partial charge in [-0.1, -0.05) is 77.4 Å². The van der Waals surface area contributed by atoms with Crippen LogP contribution in [0.15, 0.2) is 12.2 Å². The zero-order valence-electron chi connectivity index (χ0n) is 16.3. The Balaban J connectivity index is 0. The van der Waals surface area contributed by atoms with E-state index in [1.54, 1.807) is 0 Å². The predicted molar refractivity (Wildman–Crippen MR) is 104 cm³/mol. The van der Waals surface area contributed by atoms with Gasteiger partial charge < -0.3 is 10.2 Å². The Bertz CT molecular complexity index is 260. The van der Waals surface area contributed by atoms with Crippen molar-refractivity contribution < 1.29 is 15.0 Å². The first-order chi connectivity index (χ1) is 11.7. The summed E-state index contributed by atoms with van der Waals surface area (Å²) in [7, 11) is 0. The van der Waals surface area contributed by atoms with Gasteiger partial charge in [-0.2, -0.15) is 0 Å². The van der Waals surface area contributed by atoms with Gasteiger partial charge in [0.05, 0.1) is 0 Å². The second kappa shape index (κ2) is 24.4. The molecule has 0 aliphatic carbocycles. The van der Waals surface area contributed by atoms with Gasteiger partial charge in [-0.15, -0.1) is 0 Å². The molecule has 0 aromatic heterocycles. The highest BCUT2D eigenvalue weighted by Gasteiger charge is 1.95. The van der Waals surface area contributed by atoms with Crippen LogP contribution in [-0.4, -0.2) is 22.8 Å². The van der Waals surface area contributed by atoms with E-state index in [9.17, 15) is 4.79 Å². The molecule has 24 heavy (non-hydrogen) atoms. The van der Waals surface area contributed by atoms with Crippen LogP contribution in [0, 0.1) is 0 Å². The summed E-state index contributed by atoms with van der Waals surface area (Å²) >= 11 is 0. The molecule has 144 valence electrons. The number of allylic oxidation sites excluding steroid dienone is 2. The normalized spacial score (nSPS) is 10.6. The largest absolute Gasteiger partial charge is 0.481 e. The first-order valence-corrected chi connectivity index (χ1v) is 10.2. The third-order valence-corrected chi connectivity index (χ3v) is 3.88. The molecule has 0 aromatic carbocycles. The highest BCUT2D eigenvalue weighted by molar-refractivity contribution is 5.66. The lowest BCUT2D eigenvalue weighted by Crippen LogP contribution is -1.93. The fraction of sp³-hybridized carbons (Fsp3) is 0.857. The van der Waals surface area contributed by atoms with Crippen LogP contribution in [0.1, 0.15) is 110 Å². The van der Waals surface area contributed by atoms with E-state index in [-0.39, 0.29) is 0 Å². The number of carbonyl (C=O) groups is 1. The number of carboxylic acids is 1. The van der Waals surface area contributed by atoms with Crippen LogP contribution in [0.4, 0.5) is 0 Å². The van der Waals surface area contributed by atoms with Crippen LogP contribution in [0.3, 0.4) is 0 Å². The average molecular weight is 343 g/mol. The minimum absolute atomic E-state index is 0.319. The Morgan fingerprint density at radius 1 is 0.708 bits per heavy atom. The Morgan fingerprint density at radius 2 is 1.12 bits per heavy atom. The lowest BCUT2D eigenvalue weighted by atomic mass is 10.1. The highest BCUT2D eigenvalue weighted by atomic mass is 16.4. The van der Waals surface area contributed by atoms with E-state index in [2.05, 4.69) is 19.1 Å². The monoisotopic (exact) mass is 342 g/mol. The van der Waals surface area contributed by atoms with Gasteiger partial charge in [-0.25, -0.2) is 0 Å². The standard InChI is InChI=1S/C18H34O2.C3H8O/c1-2-3-4-5-6-7-8-9-10-11-12-13-14-15-16-17-18(19)20;1-2-3-4/h9-10H,2-8,11-17H2,1H3,(H,19,20);4H,2-3H2,1H3/b10-9-;. The molecule has 0 fully saturated rings. The molecule has 0 unspecified atom stereocenters. The molecule has 0 bridgehead atoms. The van der Waals surface area contributed by atoms with Gasteiger partial charge in [0.25, 0.3) is 0 Å². The van der Waals surface area contributed by atoms with Crippen LogP contribution in [0.2, 0.25) is 0 Å². The predicted octanol–water partition coefficient (Wildman–Crippen LogP) is 6.50. The molecule has 0 saturated carbocycles. The van der Waals surface area contributed by atoms with E-state index in [0.29, 0.717) is 13.0 Å². The fourth-order valence-corrected chi connectivity index (χ4v) is 2.35. The van der Waals surface area contributed by atoms with Gasteiger partial charge in [-0.05, 0) is 38.5 Å². The molecule has 0 amide bonds. The maximum atomic E-state index is 10.3. The van der Waals surface area contributed by atoms with E-state index in [1.807, 2.05) is 6.92 Å². The van der Waals surface area contributed by atoms with E-state index in [4.69, 9.17) is 10.2 Å². The molecule has 0 aliphatic rings. The maximum absolute atomic E-state index is 10.3. The van der Waals surface area contributed by atoms with Gasteiger partial charge in [0.2, 0.25) is 0 Å². The van der Waals surface area contributed by atoms with Crippen molar-refractivity contribution >= 4 is 5.97 Å². The Labute approximate surface area is 150 Å². The molecular weight excluding hydrogens is 300 g/mol. The fourth-order valence-electron chi connectivity index (χ4n) is 2.35. The van der Waals surface area contributed by atoms with Crippen molar-refractivity contribution in [3.05, 3.63) is 12.2 Å². The van der Waals surface area contributed by atoms with E-state index in [0.717, 1.165) is 19.3 Å². The van der Waals surface area contributed by atoms with Gasteiger partial charge in [0, 0.05) is 13.0 Å². The number of aliphatic carboxylic acids is 1. The Hall–Kier alpha value is -0.830. The van der Waals surface area contributed by atoms with Gasteiger partial charge in [-0.3, -0.25) is 4.79 Å². The van der Waals surface area contributed by atoms with Crippen LogP contribution in [0.5, 0.6) is 0 Å². The van der Waals surface area contributed by atoms with Crippen LogP contribution >= 0.6 is 0 Å². The molecule has 3 nitrogen and oxygen atoms in total. The summed E-state index contributed by atoms with van der Waals surface area (Å²) in [5.41, 5.74) is 0. The third-order valence-electron chi connectivity index (χ3n) is 3.88. The van der Waals surface area contributed by atoms with Crippen LogP contribution in [0.25, 0.3) is 0 Å². The minimum Gasteiger partial charge on any atom is -0.481 e. The summed E-state index contributed by atoms with van der Waals surface area (Å²) < 4.78 is 0. The smallest absolute Gasteiger partial charge is 0.303 e. The molecule has 0 spiro atoms. The summed E-state index contributed by atoms with van der Waals surface area (Å²) in [5.74, 6) is -0.664. The van der Waals surface area contributed by atoms with Crippen molar-refractivity contribution in [2.75, 3.05) is 6.61 Å². The van der Waals surface area contributed by atoms with Crippen molar-refractivity contribution in [2.24, 2.45) is 0 Å². The zero-order chi connectivity index (χ0) is 18.3. The SMILES string of the molecule is CCCCCCCC/C=C\CCCCCCCC(=O)O.CCCO. The molecule has 0 atom stereocenters. The maximum Gasteiger partial charge on any atom is 0.303 e. The number of hydrogen-bond acceptors (Lipinski definition) is 2. The van der Waals surface area contributed by atoms with E-state index < -0.39 is 5.97 Å². The van der Waals surface area contributed by atoms with Crippen molar-refractivity contribution in [2.45, 2.75) is 110 Å². The third kappa shape index (κ3) is 29.2. The lowest BCUT2D eigenvalue weighted by molar-refractivity contribution is -0.137. The summed E-state index contributed by atoms with van der Waals surface area (Å²) in [6.45, 7) is 4.51. The number of unbranched alkanes of at least 4 members (excludes halogenated alkanes) is 11. The molecule has 0 saturated heterocycles. The number of rotatable bonds is 16. The lowest BCUT2D eigenvalue weighted by Gasteiger charge is -1.99. The molecule has 0 heterocycles. The molecule has 0 aliphatic heterocycles. The molecule has 2 N–H and O–H groups in total. The number of aliphatic hydroxyl groups excluding tert-OH is 1. The van der Waals surface area contributed by atoms with E-state index >= 15 is 0 Å². The first-order valence-electron chi connectivity index (χ1n) is 10.2. The minimum atomic E-state index is -0.664. The zero-order valence-corrected chi connectivity index (χ0v) is 16.3. The second-order valence-corrected chi connectivity index (χ2v) is 6.45. The van der Waals surface area contributed by atoms with Crippen LogP contribution < -0.4 is 0 Å². The van der Waals surface area contributed by atoms with E-state index in [1.165, 1.54) is 70.6 Å². The molecular formula is C21H42O3. The summed E-state index contributed by atoms with van der Waals surface area (Å²) in [5, 5.41) is 16.4. The molecule has 3 heteroatoms. The van der Waals surface area contributed by atoms with Crippen molar-refractivity contribution in [1.82, 2.24) is 0 Å². The van der Waals surface area contributed by atoms with Gasteiger partial charge >= 0.3 is 5.97 Å². The highest BCUT2D eigenvalue weighted by Crippen LogP contribution is 2.09. The van der Waals surface area contributed by atoms with Gasteiger partial charge in [0.1, 0.15) is 0 Å². The Kier molecular flexibility index (Phi) is 25.9. The summed E-state index contributed by atoms with van der Waals surface area (Å²) in [4.78, 5) is 10.3. The molecule has 0 radical (unpaired) electrons. The van der Waals surface area contributed by atoms with Crippen molar-refractivity contribution in [3.63, 3.8) is 0 Å². The van der Waals surface area contributed by atoms with Crippen LogP contribution in [-0.2, 0) is 4.79 Å². The summed E-state index contributed by atoms with van der Waals surface area (Å²) in [6.07, 6.45) is 22.1. The molecule has 0 rings (SSSR count). The van der Waals surface area contributed by atoms with Crippen molar-refractivity contribution in [3.8, 4) is 0 Å². The molecule has 0 aromatic rings.